The van der Waals surface area contributed by atoms with Crippen LogP contribution in [-0.4, -0.2) is 22.0 Å². The number of carboxylic acid groups (broad SMARTS) is 1. The van der Waals surface area contributed by atoms with E-state index in [0.29, 0.717) is 11.3 Å². The van der Waals surface area contributed by atoms with Crippen molar-refractivity contribution in [1.82, 2.24) is 0 Å². The molecule has 0 saturated carbocycles. The molecule has 0 atom stereocenters. The number of hydrogen-bond donors (Lipinski definition) is 2. The van der Waals surface area contributed by atoms with E-state index in [-0.39, 0.29) is 17.3 Å². The van der Waals surface area contributed by atoms with Gasteiger partial charge in [0.2, 0.25) is 0 Å². The minimum absolute atomic E-state index is 0.0780. The number of carboxylic acids is 1. The van der Waals surface area contributed by atoms with Gasteiger partial charge in [-0.05, 0) is 25.8 Å². The zero-order chi connectivity index (χ0) is 14.6. The van der Waals surface area contributed by atoms with Gasteiger partial charge in [0.1, 0.15) is 0 Å². The van der Waals surface area contributed by atoms with Gasteiger partial charge in [-0.3, -0.25) is 10.1 Å². The molecule has 0 bridgehead atoms. The van der Waals surface area contributed by atoms with E-state index in [1.54, 1.807) is 6.92 Å². The highest BCUT2D eigenvalue weighted by Gasteiger charge is 2.19. The Balaban J connectivity index is 3.29. The Morgan fingerprint density at radius 3 is 2.42 bits per heavy atom. The molecule has 0 aromatic heterocycles. The van der Waals surface area contributed by atoms with E-state index in [9.17, 15) is 14.9 Å². The summed E-state index contributed by atoms with van der Waals surface area (Å²) in [5.74, 6) is -1.17. The average Bonchev–Trinajstić information content (AvgIpc) is 2.36. The topological polar surface area (TPSA) is 92.5 Å². The number of benzene rings is 1. The number of nitro groups is 1. The van der Waals surface area contributed by atoms with Crippen molar-refractivity contribution >= 4 is 17.3 Å². The van der Waals surface area contributed by atoms with Gasteiger partial charge < -0.3 is 10.4 Å². The minimum atomic E-state index is -1.17. The number of nitro benzene ring substituents is 1. The largest absolute Gasteiger partial charge is 0.478 e. The van der Waals surface area contributed by atoms with Gasteiger partial charge in [0, 0.05) is 23.4 Å². The fourth-order valence-electron chi connectivity index (χ4n) is 1.87. The molecule has 19 heavy (non-hydrogen) atoms. The number of nitrogens with one attached hydrogen (secondary N) is 1. The molecule has 104 valence electrons. The van der Waals surface area contributed by atoms with Crippen LogP contribution in [-0.2, 0) is 0 Å². The van der Waals surface area contributed by atoms with Gasteiger partial charge in [0.05, 0.1) is 10.5 Å². The van der Waals surface area contributed by atoms with E-state index in [2.05, 4.69) is 5.32 Å². The molecule has 0 aliphatic carbocycles. The van der Waals surface area contributed by atoms with Crippen LogP contribution in [0.5, 0.6) is 0 Å². The van der Waals surface area contributed by atoms with Crippen LogP contribution in [0.2, 0.25) is 0 Å². The summed E-state index contributed by atoms with van der Waals surface area (Å²) in [4.78, 5) is 21.4. The predicted octanol–water partition coefficient (Wildman–Crippen LogP) is 3.20. The average molecular weight is 266 g/mol. The molecule has 0 fully saturated rings. The molecular weight excluding hydrogens is 248 g/mol. The van der Waals surface area contributed by atoms with Crippen molar-refractivity contribution < 1.29 is 14.8 Å². The molecule has 6 heteroatoms. The number of carbonyl (C=O) groups is 1. The number of hydrogen-bond acceptors (Lipinski definition) is 4. The zero-order valence-corrected chi connectivity index (χ0v) is 11.3. The normalized spacial score (nSPS) is 10.5. The molecule has 2 N–H and O–H groups in total. The second-order valence-corrected chi connectivity index (χ2v) is 4.39. The lowest BCUT2D eigenvalue weighted by Gasteiger charge is -2.18. The Hall–Kier alpha value is -2.11. The molecule has 0 aliphatic heterocycles. The summed E-state index contributed by atoms with van der Waals surface area (Å²) >= 11 is 0. The summed E-state index contributed by atoms with van der Waals surface area (Å²) in [5, 5.41) is 23.1. The summed E-state index contributed by atoms with van der Waals surface area (Å²) in [6, 6.07) is 2.71. The van der Waals surface area contributed by atoms with E-state index in [1.807, 2.05) is 13.8 Å². The van der Waals surface area contributed by atoms with Crippen molar-refractivity contribution in [1.29, 1.82) is 0 Å². The summed E-state index contributed by atoms with van der Waals surface area (Å²) in [6.45, 7) is 5.63. The second kappa shape index (κ2) is 6.17. The molecule has 0 unspecified atom stereocenters. The number of rotatable bonds is 6. The van der Waals surface area contributed by atoms with E-state index in [0.717, 1.165) is 18.9 Å². The third-order valence-corrected chi connectivity index (χ3v) is 3.17. The Morgan fingerprint density at radius 2 is 2.00 bits per heavy atom. The molecule has 1 aromatic rings. The van der Waals surface area contributed by atoms with Gasteiger partial charge >= 0.3 is 5.97 Å². The van der Waals surface area contributed by atoms with Crippen LogP contribution in [0.3, 0.4) is 0 Å². The monoisotopic (exact) mass is 266 g/mol. The lowest BCUT2D eigenvalue weighted by atomic mass is 10.1. The maximum atomic E-state index is 11.0. The lowest BCUT2D eigenvalue weighted by molar-refractivity contribution is -0.385. The highest BCUT2D eigenvalue weighted by Crippen LogP contribution is 2.28. The van der Waals surface area contributed by atoms with E-state index < -0.39 is 10.9 Å². The molecule has 0 spiro atoms. The summed E-state index contributed by atoms with van der Waals surface area (Å²) in [6.07, 6.45) is 1.72. The first kappa shape index (κ1) is 14.9. The lowest BCUT2D eigenvalue weighted by Crippen LogP contribution is -2.18. The van der Waals surface area contributed by atoms with E-state index in [1.165, 1.54) is 6.07 Å². The summed E-state index contributed by atoms with van der Waals surface area (Å²) in [5.41, 5.74) is 0.723. The third-order valence-electron chi connectivity index (χ3n) is 3.17. The molecule has 0 saturated heterocycles. The van der Waals surface area contributed by atoms with Crippen molar-refractivity contribution in [2.24, 2.45) is 0 Å². The van der Waals surface area contributed by atoms with Crippen LogP contribution in [0, 0.1) is 17.0 Å². The Bertz CT molecular complexity index is 496. The number of nitrogens with zero attached hydrogens (tertiary/aromatic N) is 1. The van der Waals surface area contributed by atoms with Gasteiger partial charge in [-0.15, -0.1) is 0 Å². The molecule has 1 aromatic carbocycles. The fourth-order valence-corrected chi connectivity index (χ4v) is 1.87. The minimum Gasteiger partial charge on any atom is -0.478 e. The maximum Gasteiger partial charge on any atom is 0.336 e. The molecule has 0 radical (unpaired) electrons. The number of anilines is 1. The van der Waals surface area contributed by atoms with Crippen molar-refractivity contribution in [3.8, 4) is 0 Å². The smallest absolute Gasteiger partial charge is 0.336 e. The first-order valence-electron chi connectivity index (χ1n) is 6.19. The quantitative estimate of drug-likeness (QED) is 0.609. The Morgan fingerprint density at radius 1 is 1.42 bits per heavy atom. The van der Waals surface area contributed by atoms with Crippen LogP contribution in [0.4, 0.5) is 11.4 Å². The van der Waals surface area contributed by atoms with Crippen molar-refractivity contribution in [2.45, 2.75) is 39.7 Å². The van der Waals surface area contributed by atoms with Gasteiger partial charge in [-0.25, -0.2) is 4.79 Å². The third kappa shape index (κ3) is 3.43. The maximum absolute atomic E-state index is 11.0. The molecule has 1 rings (SSSR count). The SMILES string of the molecule is CCC(CC)Nc1cc(C(=O)O)cc([N+](=O)[O-])c1C. The van der Waals surface area contributed by atoms with Gasteiger partial charge in [0.25, 0.3) is 5.69 Å². The molecule has 0 heterocycles. The standard InChI is InChI=1S/C13H18N2O4/c1-4-10(5-2)14-11-6-9(13(16)17)7-12(8(11)3)15(18)19/h6-7,10,14H,4-5H2,1-3H3,(H,16,17). The van der Waals surface area contributed by atoms with Gasteiger partial charge in [0.15, 0.2) is 0 Å². The summed E-state index contributed by atoms with van der Waals surface area (Å²) in [7, 11) is 0. The Labute approximate surface area is 111 Å². The predicted molar refractivity (Wildman–Crippen MR) is 72.8 cm³/mol. The van der Waals surface area contributed by atoms with Crippen molar-refractivity contribution in [2.75, 3.05) is 5.32 Å². The van der Waals surface area contributed by atoms with Crippen molar-refractivity contribution in [3.05, 3.63) is 33.4 Å². The zero-order valence-electron chi connectivity index (χ0n) is 11.3. The van der Waals surface area contributed by atoms with Crippen LogP contribution in [0.25, 0.3) is 0 Å². The second-order valence-electron chi connectivity index (χ2n) is 4.39. The van der Waals surface area contributed by atoms with Crippen molar-refractivity contribution in [3.63, 3.8) is 0 Å². The molecule has 0 aliphatic rings. The van der Waals surface area contributed by atoms with E-state index >= 15 is 0 Å². The first-order chi connectivity index (χ1) is 8.90. The first-order valence-corrected chi connectivity index (χ1v) is 6.19. The van der Waals surface area contributed by atoms with Crippen LogP contribution in [0.15, 0.2) is 12.1 Å². The van der Waals surface area contributed by atoms with Gasteiger partial charge in [-0.1, -0.05) is 13.8 Å². The fraction of sp³-hybridized carbons (Fsp3) is 0.462. The molecule has 6 nitrogen and oxygen atoms in total. The summed E-state index contributed by atoms with van der Waals surface area (Å²) < 4.78 is 0. The van der Waals surface area contributed by atoms with Crippen LogP contribution in [0.1, 0.15) is 42.6 Å². The molecule has 0 amide bonds. The van der Waals surface area contributed by atoms with Crippen LogP contribution < -0.4 is 5.32 Å². The van der Waals surface area contributed by atoms with Crippen LogP contribution >= 0.6 is 0 Å². The number of aromatic carboxylic acids is 1. The molecular formula is C13H18N2O4. The highest BCUT2D eigenvalue weighted by molar-refractivity contribution is 5.90. The van der Waals surface area contributed by atoms with E-state index in [4.69, 9.17) is 5.11 Å². The Kier molecular flexibility index (Phi) is 4.86. The highest BCUT2D eigenvalue weighted by atomic mass is 16.6. The van der Waals surface area contributed by atoms with Gasteiger partial charge in [-0.2, -0.15) is 0 Å².